The van der Waals surface area contributed by atoms with E-state index in [-0.39, 0.29) is 0 Å². The van der Waals surface area contributed by atoms with Crippen LogP contribution in [-0.4, -0.2) is 22.2 Å². The minimum absolute atomic E-state index is 0.428. The van der Waals surface area contributed by atoms with Crippen LogP contribution in [0, 0.1) is 10.1 Å². The van der Waals surface area contributed by atoms with Gasteiger partial charge in [-0.15, -0.1) is 0 Å². The molecule has 5 nitrogen and oxygen atoms in total. The number of hydrogen-bond acceptors (Lipinski definition) is 3. The molecule has 17 heavy (non-hydrogen) atoms. The van der Waals surface area contributed by atoms with Gasteiger partial charge in [0.25, 0.3) is 5.69 Å². The lowest BCUT2D eigenvalue weighted by Gasteiger charge is -2.07. The summed E-state index contributed by atoms with van der Waals surface area (Å²) >= 11 is 0. The zero-order valence-electron chi connectivity index (χ0n) is 8.19. The van der Waals surface area contributed by atoms with E-state index in [1.54, 1.807) is 0 Å². The maximum atomic E-state index is 12.1. The van der Waals surface area contributed by atoms with Crippen LogP contribution in [0.2, 0.25) is 0 Å². The number of benzene rings is 1. The maximum Gasteiger partial charge on any atom is 0.393 e. The normalized spacial score (nSPS) is 11.2. The van der Waals surface area contributed by atoms with Gasteiger partial charge in [-0.05, 0) is 6.07 Å². The van der Waals surface area contributed by atoms with Crippen LogP contribution in [0.1, 0.15) is 15.9 Å². The monoisotopic (exact) mass is 249 g/mol. The van der Waals surface area contributed by atoms with Crippen molar-refractivity contribution in [3.05, 3.63) is 39.4 Å². The zero-order valence-corrected chi connectivity index (χ0v) is 8.19. The third-order valence-electron chi connectivity index (χ3n) is 1.92. The van der Waals surface area contributed by atoms with Gasteiger partial charge < -0.3 is 5.11 Å². The smallest absolute Gasteiger partial charge is 0.393 e. The molecule has 0 aliphatic carbocycles. The fourth-order valence-corrected chi connectivity index (χ4v) is 1.23. The molecule has 1 aromatic carbocycles. The summed E-state index contributed by atoms with van der Waals surface area (Å²) in [5.74, 6) is -1.44. The Hall–Kier alpha value is -2.12. The second-order valence-corrected chi connectivity index (χ2v) is 3.20. The highest BCUT2D eigenvalue weighted by atomic mass is 19.4. The van der Waals surface area contributed by atoms with Crippen molar-refractivity contribution in [2.45, 2.75) is 12.6 Å². The van der Waals surface area contributed by atoms with Gasteiger partial charge in [-0.2, -0.15) is 13.2 Å². The number of nitro groups is 1. The molecule has 0 heterocycles. The second kappa shape index (κ2) is 4.40. The van der Waals surface area contributed by atoms with E-state index in [9.17, 15) is 28.1 Å². The molecule has 0 aliphatic heterocycles. The summed E-state index contributed by atoms with van der Waals surface area (Å²) in [5, 5.41) is 19.1. The first kappa shape index (κ1) is 12.9. The Bertz CT molecular complexity index is 470. The molecule has 0 aromatic heterocycles. The van der Waals surface area contributed by atoms with Crippen LogP contribution in [0.5, 0.6) is 0 Å². The van der Waals surface area contributed by atoms with E-state index >= 15 is 0 Å². The highest BCUT2D eigenvalue weighted by molar-refractivity contribution is 5.88. The Kier molecular flexibility index (Phi) is 3.35. The minimum atomic E-state index is -4.59. The average molecular weight is 249 g/mol. The van der Waals surface area contributed by atoms with Crippen molar-refractivity contribution in [3.8, 4) is 0 Å². The van der Waals surface area contributed by atoms with Crippen molar-refractivity contribution in [1.82, 2.24) is 0 Å². The Morgan fingerprint density at radius 1 is 1.41 bits per heavy atom. The molecule has 0 fully saturated rings. The number of carbonyl (C=O) groups is 1. The lowest BCUT2D eigenvalue weighted by atomic mass is 10.1. The maximum absolute atomic E-state index is 12.1. The second-order valence-electron chi connectivity index (χ2n) is 3.20. The molecule has 0 saturated carbocycles. The van der Waals surface area contributed by atoms with Gasteiger partial charge in [0.1, 0.15) is 0 Å². The quantitative estimate of drug-likeness (QED) is 0.658. The molecule has 8 heteroatoms. The SMILES string of the molecule is O=C(O)c1ccc(CC(F)(F)F)c([N+](=O)[O-])c1. The summed E-state index contributed by atoms with van der Waals surface area (Å²) in [6.45, 7) is 0. The molecule has 0 aliphatic rings. The average Bonchev–Trinajstić information content (AvgIpc) is 2.14. The molecule has 0 saturated heterocycles. The molecule has 0 spiro atoms. The van der Waals surface area contributed by atoms with Gasteiger partial charge in [0.15, 0.2) is 0 Å². The van der Waals surface area contributed by atoms with Crippen LogP contribution in [0.15, 0.2) is 18.2 Å². The van der Waals surface area contributed by atoms with Crippen molar-refractivity contribution in [3.63, 3.8) is 0 Å². The van der Waals surface area contributed by atoms with E-state index in [1.807, 2.05) is 0 Å². The Balaban J connectivity index is 3.23. The standard InChI is InChI=1S/C9H6F3NO4/c10-9(11,12)4-6-2-1-5(8(14)15)3-7(6)13(16)17/h1-3H,4H2,(H,14,15). The third-order valence-corrected chi connectivity index (χ3v) is 1.92. The number of carboxylic acids is 1. The van der Waals surface area contributed by atoms with Crippen LogP contribution in [0.25, 0.3) is 0 Å². The van der Waals surface area contributed by atoms with E-state index in [1.165, 1.54) is 0 Å². The first-order chi connectivity index (χ1) is 7.70. The van der Waals surface area contributed by atoms with Gasteiger partial charge in [-0.25, -0.2) is 4.79 Å². The van der Waals surface area contributed by atoms with E-state index in [4.69, 9.17) is 5.11 Å². The van der Waals surface area contributed by atoms with Crippen molar-refractivity contribution in [1.29, 1.82) is 0 Å². The zero-order chi connectivity index (χ0) is 13.2. The summed E-state index contributed by atoms with van der Waals surface area (Å²) in [4.78, 5) is 20.0. The van der Waals surface area contributed by atoms with Gasteiger partial charge >= 0.3 is 12.1 Å². The van der Waals surface area contributed by atoms with E-state index < -0.39 is 40.3 Å². The predicted octanol–water partition coefficient (Wildman–Crippen LogP) is 2.40. The lowest BCUT2D eigenvalue weighted by Crippen LogP contribution is -2.13. The summed E-state index contributed by atoms with van der Waals surface area (Å²) < 4.78 is 36.3. The number of rotatable bonds is 3. The van der Waals surface area contributed by atoms with Crippen molar-refractivity contribution in [2.24, 2.45) is 0 Å². The van der Waals surface area contributed by atoms with Crippen LogP contribution in [-0.2, 0) is 6.42 Å². The summed E-state index contributed by atoms with van der Waals surface area (Å²) in [6, 6.07) is 2.31. The number of carboxylic acid groups (broad SMARTS) is 1. The van der Waals surface area contributed by atoms with Gasteiger partial charge in [0.05, 0.1) is 16.9 Å². The molecule has 0 unspecified atom stereocenters. The molecule has 0 atom stereocenters. The number of halogens is 3. The van der Waals surface area contributed by atoms with Crippen LogP contribution < -0.4 is 0 Å². The van der Waals surface area contributed by atoms with Crippen molar-refractivity contribution < 1.29 is 28.0 Å². The fraction of sp³-hybridized carbons (Fsp3) is 0.222. The molecule has 1 rings (SSSR count). The molecule has 1 aromatic rings. The van der Waals surface area contributed by atoms with Crippen LogP contribution in [0.4, 0.5) is 18.9 Å². The number of alkyl halides is 3. The predicted molar refractivity (Wildman–Crippen MR) is 49.8 cm³/mol. The summed E-state index contributed by atoms with van der Waals surface area (Å²) in [6.07, 6.45) is -6.06. The topological polar surface area (TPSA) is 80.4 Å². The number of nitrogens with zero attached hydrogens (tertiary/aromatic N) is 1. The fourth-order valence-electron chi connectivity index (χ4n) is 1.23. The number of aromatic carboxylic acids is 1. The van der Waals surface area contributed by atoms with Gasteiger partial charge in [-0.1, -0.05) is 6.07 Å². The largest absolute Gasteiger partial charge is 0.478 e. The number of hydrogen-bond donors (Lipinski definition) is 1. The highest BCUT2D eigenvalue weighted by Gasteiger charge is 2.31. The first-order valence-corrected chi connectivity index (χ1v) is 4.28. The molecule has 0 bridgehead atoms. The molecular weight excluding hydrogens is 243 g/mol. The Labute approximate surface area is 92.6 Å². The summed E-state index contributed by atoms with van der Waals surface area (Å²) in [5.41, 5.74) is -1.84. The van der Waals surface area contributed by atoms with Crippen LogP contribution >= 0.6 is 0 Å². The van der Waals surface area contributed by atoms with E-state index in [2.05, 4.69) is 0 Å². The van der Waals surface area contributed by atoms with Gasteiger partial charge in [-0.3, -0.25) is 10.1 Å². The molecule has 1 N–H and O–H groups in total. The van der Waals surface area contributed by atoms with Crippen LogP contribution in [0.3, 0.4) is 0 Å². The van der Waals surface area contributed by atoms with E-state index in [0.717, 1.165) is 12.1 Å². The van der Waals surface area contributed by atoms with Crippen molar-refractivity contribution >= 4 is 11.7 Å². The minimum Gasteiger partial charge on any atom is -0.478 e. The number of nitro benzene ring substituents is 1. The molecule has 0 amide bonds. The molecular formula is C9H6F3NO4. The molecule has 0 radical (unpaired) electrons. The summed E-state index contributed by atoms with van der Waals surface area (Å²) in [7, 11) is 0. The van der Waals surface area contributed by atoms with Gasteiger partial charge in [0, 0.05) is 11.6 Å². The van der Waals surface area contributed by atoms with Crippen molar-refractivity contribution in [2.75, 3.05) is 0 Å². The molecule has 92 valence electrons. The van der Waals surface area contributed by atoms with Gasteiger partial charge in [0.2, 0.25) is 0 Å². The highest BCUT2D eigenvalue weighted by Crippen LogP contribution is 2.28. The first-order valence-electron chi connectivity index (χ1n) is 4.28. The third kappa shape index (κ3) is 3.44. The Morgan fingerprint density at radius 2 is 2.00 bits per heavy atom. The van der Waals surface area contributed by atoms with E-state index in [0.29, 0.717) is 6.07 Å². The lowest BCUT2D eigenvalue weighted by molar-refractivity contribution is -0.386. The Morgan fingerprint density at radius 3 is 2.41 bits per heavy atom.